The average molecular weight is 341 g/mol. The molecule has 0 aromatic rings. The van der Waals surface area contributed by atoms with Gasteiger partial charge in [0.2, 0.25) is 0 Å². The fourth-order valence-electron chi connectivity index (χ4n) is 3.35. The van der Waals surface area contributed by atoms with Crippen molar-refractivity contribution in [2.75, 3.05) is 6.61 Å². The molecule has 144 valence electrons. The van der Waals surface area contributed by atoms with Crippen LogP contribution in [0.25, 0.3) is 0 Å². The first-order valence-corrected chi connectivity index (χ1v) is 10.9. The Morgan fingerprint density at radius 1 is 0.708 bits per heavy atom. The summed E-state index contributed by atoms with van der Waals surface area (Å²) in [6.07, 6.45) is 20.2. The standard InChI is InChI=1S/C22H44O2/c1-3-5-7-9-11-13-15-17-21(20-23)19-22(24)18-16-14-12-10-8-6-4-2/h21,23H,3-20H2,1-2H3. The van der Waals surface area contributed by atoms with E-state index in [1.54, 1.807) is 0 Å². The summed E-state index contributed by atoms with van der Waals surface area (Å²) in [5, 5.41) is 9.49. The van der Waals surface area contributed by atoms with Crippen LogP contribution in [0.15, 0.2) is 0 Å². The smallest absolute Gasteiger partial charge is 0.133 e. The van der Waals surface area contributed by atoms with Crippen molar-refractivity contribution < 1.29 is 9.90 Å². The van der Waals surface area contributed by atoms with Gasteiger partial charge in [-0.2, -0.15) is 0 Å². The highest BCUT2D eigenvalue weighted by molar-refractivity contribution is 5.78. The predicted octanol–water partition coefficient (Wildman–Crippen LogP) is 6.84. The fraction of sp³-hybridized carbons (Fsp3) is 0.955. The van der Waals surface area contributed by atoms with Crippen molar-refractivity contribution in [3.63, 3.8) is 0 Å². The topological polar surface area (TPSA) is 37.3 Å². The SMILES string of the molecule is CCCCCCCCCC(=O)CC(CO)CCCCCCCCC. The van der Waals surface area contributed by atoms with Gasteiger partial charge in [-0.05, 0) is 18.8 Å². The van der Waals surface area contributed by atoms with Crippen molar-refractivity contribution in [2.45, 2.75) is 123 Å². The Hall–Kier alpha value is -0.370. The van der Waals surface area contributed by atoms with Gasteiger partial charge in [-0.1, -0.05) is 97.3 Å². The molecule has 0 radical (unpaired) electrons. The summed E-state index contributed by atoms with van der Waals surface area (Å²) < 4.78 is 0. The van der Waals surface area contributed by atoms with E-state index in [2.05, 4.69) is 13.8 Å². The molecular formula is C22H44O2. The molecule has 1 N–H and O–H groups in total. The number of hydrogen-bond acceptors (Lipinski definition) is 2. The molecular weight excluding hydrogens is 296 g/mol. The van der Waals surface area contributed by atoms with Crippen molar-refractivity contribution >= 4 is 5.78 Å². The Kier molecular flexibility index (Phi) is 18.7. The second-order valence-corrected chi connectivity index (χ2v) is 7.57. The zero-order valence-corrected chi connectivity index (χ0v) is 16.7. The van der Waals surface area contributed by atoms with E-state index in [1.165, 1.54) is 83.5 Å². The van der Waals surface area contributed by atoms with Crippen LogP contribution in [0.3, 0.4) is 0 Å². The minimum atomic E-state index is 0.179. The van der Waals surface area contributed by atoms with Crippen molar-refractivity contribution in [1.82, 2.24) is 0 Å². The van der Waals surface area contributed by atoms with Gasteiger partial charge in [0.25, 0.3) is 0 Å². The molecule has 0 rings (SSSR count). The van der Waals surface area contributed by atoms with Crippen LogP contribution in [0.4, 0.5) is 0 Å². The Morgan fingerprint density at radius 2 is 1.17 bits per heavy atom. The molecule has 24 heavy (non-hydrogen) atoms. The van der Waals surface area contributed by atoms with E-state index in [1.807, 2.05) is 0 Å². The van der Waals surface area contributed by atoms with Crippen molar-refractivity contribution in [3.05, 3.63) is 0 Å². The van der Waals surface area contributed by atoms with Crippen LogP contribution in [-0.4, -0.2) is 17.5 Å². The predicted molar refractivity (Wildman–Crippen MR) is 105 cm³/mol. The second-order valence-electron chi connectivity index (χ2n) is 7.57. The largest absolute Gasteiger partial charge is 0.396 e. The molecule has 0 aliphatic carbocycles. The number of hydrogen-bond donors (Lipinski definition) is 1. The Bertz CT molecular complexity index is 263. The summed E-state index contributed by atoms with van der Waals surface area (Å²) in [6.45, 7) is 4.66. The van der Waals surface area contributed by atoms with Crippen molar-refractivity contribution in [1.29, 1.82) is 0 Å². The molecule has 0 amide bonds. The van der Waals surface area contributed by atoms with Gasteiger partial charge in [0.15, 0.2) is 0 Å². The molecule has 0 heterocycles. The Labute approximate surface area is 151 Å². The van der Waals surface area contributed by atoms with Gasteiger partial charge in [-0.25, -0.2) is 0 Å². The molecule has 0 aliphatic rings. The summed E-state index contributed by atoms with van der Waals surface area (Å²) >= 11 is 0. The highest BCUT2D eigenvalue weighted by Crippen LogP contribution is 2.17. The molecule has 0 fully saturated rings. The molecule has 2 nitrogen and oxygen atoms in total. The fourth-order valence-corrected chi connectivity index (χ4v) is 3.35. The molecule has 1 unspecified atom stereocenters. The van der Waals surface area contributed by atoms with Crippen molar-refractivity contribution in [3.8, 4) is 0 Å². The lowest BCUT2D eigenvalue weighted by atomic mass is 9.94. The highest BCUT2D eigenvalue weighted by atomic mass is 16.3. The van der Waals surface area contributed by atoms with Crippen molar-refractivity contribution in [2.24, 2.45) is 5.92 Å². The average Bonchev–Trinajstić information content (AvgIpc) is 2.59. The lowest BCUT2D eigenvalue weighted by molar-refractivity contribution is -0.120. The maximum absolute atomic E-state index is 12.0. The van der Waals surface area contributed by atoms with Gasteiger partial charge in [0.1, 0.15) is 5.78 Å². The number of aliphatic hydroxyl groups is 1. The lowest BCUT2D eigenvalue weighted by Crippen LogP contribution is -2.12. The van der Waals surface area contributed by atoms with E-state index in [-0.39, 0.29) is 12.5 Å². The zero-order valence-electron chi connectivity index (χ0n) is 16.7. The molecule has 0 saturated carbocycles. The van der Waals surface area contributed by atoms with Gasteiger partial charge >= 0.3 is 0 Å². The molecule has 0 aromatic heterocycles. The maximum atomic E-state index is 12.0. The Balaban J connectivity index is 3.51. The van der Waals surface area contributed by atoms with Crippen LogP contribution in [0, 0.1) is 5.92 Å². The van der Waals surface area contributed by atoms with Gasteiger partial charge in [0.05, 0.1) is 0 Å². The van der Waals surface area contributed by atoms with E-state index in [9.17, 15) is 9.90 Å². The quantitative estimate of drug-likeness (QED) is 0.261. The first-order chi connectivity index (χ1) is 11.7. The van der Waals surface area contributed by atoms with E-state index in [0.717, 1.165) is 19.3 Å². The Morgan fingerprint density at radius 3 is 1.67 bits per heavy atom. The third-order valence-corrected chi connectivity index (χ3v) is 5.05. The summed E-state index contributed by atoms with van der Waals surface area (Å²) in [5.74, 6) is 0.572. The van der Waals surface area contributed by atoms with Crippen LogP contribution < -0.4 is 0 Å². The van der Waals surface area contributed by atoms with E-state index < -0.39 is 0 Å². The minimum Gasteiger partial charge on any atom is -0.396 e. The summed E-state index contributed by atoms with van der Waals surface area (Å²) in [4.78, 5) is 12.0. The lowest BCUT2D eigenvalue weighted by Gasteiger charge is -2.13. The number of rotatable bonds is 19. The van der Waals surface area contributed by atoms with Crippen LogP contribution >= 0.6 is 0 Å². The molecule has 2 heteroatoms. The number of unbranched alkanes of at least 4 members (excludes halogenated alkanes) is 12. The molecule has 1 atom stereocenters. The summed E-state index contributed by atoms with van der Waals surface area (Å²) in [7, 11) is 0. The summed E-state index contributed by atoms with van der Waals surface area (Å²) in [6, 6.07) is 0. The highest BCUT2D eigenvalue weighted by Gasteiger charge is 2.12. The monoisotopic (exact) mass is 340 g/mol. The number of ketones is 1. The first kappa shape index (κ1) is 23.6. The van der Waals surface area contributed by atoms with Crippen LogP contribution in [0.2, 0.25) is 0 Å². The number of carbonyl (C=O) groups excluding carboxylic acids is 1. The molecule has 0 saturated heterocycles. The van der Waals surface area contributed by atoms with Crippen LogP contribution in [0.5, 0.6) is 0 Å². The molecule has 0 aliphatic heterocycles. The van der Waals surface area contributed by atoms with Gasteiger partial charge in [-0.15, -0.1) is 0 Å². The second kappa shape index (κ2) is 19.0. The third-order valence-electron chi connectivity index (χ3n) is 5.05. The minimum absolute atomic E-state index is 0.179. The van der Waals surface area contributed by atoms with E-state index in [0.29, 0.717) is 12.2 Å². The molecule has 0 spiro atoms. The van der Waals surface area contributed by atoms with Gasteiger partial charge in [-0.3, -0.25) is 4.79 Å². The molecule has 0 aromatic carbocycles. The molecule has 0 bridgehead atoms. The summed E-state index contributed by atoms with van der Waals surface area (Å²) in [5.41, 5.74) is 0. The van der Waals surface area contributed by atoms with E-state index >= 15 is 0 Å². The number of carbonyl (C=O) groups is 1. The number of aliphatic hydroxyl groups excluding tert-OH is 1. The van der Waals surface area contributed by atoms with Crippen LogP contribution in [0.1, 0.15) is 123 Å². The van der Waals surface area contributed by atoms with Gasteiger partial charge in [0, 0.05) is 19.4 Å². The van der Waals surface area contributed by atoms with Gasteiger partial charge < -0.3 is 5.11 Å². The maximum Gasteiger partial charge on any atom is 0.133 e. The van der Waals surface area contributed by atoms with E-state index in [4.69, 9.17) is 0 Å². The normalized spacial score (nSPS) is 12.5. The third kappa shape index (κ3) is 16.5. The first-order valence-electron chi connectivity index (χ1n) is 10.9. The zero-order chi connectivity index (χ0) is 17.9. The van der Waals surface area contributed by atoms with Crippen LogP contribution in [-0.2, 0) is 4.79 Å². The number of Topliss-reactive ketones (excluding diaryl/α,β-unsaturated/α-hetero) is 1.